The summed E-state index contributed by atoms with van der Waals surface area (Å²) in [7, 11) is 0. The Hall–Kier alpha value is -1.50. The van der Waals surface area contributed by atoms with Crippen molar-refractivity contribution >= 4 is 28.3 Å². The maximum Gasteiger partial charge on any atom is 0.226 e. The summed E-state index contributed by atoms with van der Waals surface area (Å²) in [5, 5.41) is 12.1. The van der Waals surface area contributed by atoms with Crippen molar-refractivity contribution in [2.75, 3.05) is 11.9 Å². The molecule has 2 rings (SSSR count). The first-order valence-electron chi connectivity index (χ1n) is 7.90. The van der Waals surface area contributed by atoms with Crippen LogP contribution in [0.2, 0.25) is 0 Å². The molecule has 1 aromatic heterocycles. The van der Waals surface area contributed by atoms with Gasteiger partial charge in [-0.1, -0.05) is 25.2 Å². The molecule has 0 bridgehead atoms. The van der Waals surface area contributed by atoms with Gasteiger partial charge in [-0.05, 0) is 26.2 Å². The molecule has 0 spiro atoms. The Morgan fingerprint density at radius 2 is 2.09 bits per heavy atom. The zero-order valence-corrected chi connectivity index (χ0v) is 14.3. The van der Waals surface area contributed by atoms with Gasteiger partial charge in [0.15, 0.2) is 0 Å². The van der Waals surface area contributed by atoms with Crippen molar-refractivity contribution in [2.24, 2.45) is 0 Å². The zero-order chi connectivity index (χ0) is 16.1. The highest BCUT2D eigenvalue weighted by atomic mass is 32.1. The van der Waals surface area contributed by atoms with Crippen LogP contribution in [0.15, 0.2) is 0 Å². The fourth-order valence-electron chi connectivity index (χ4n) is 2.53. The molecule has 1 aliphatic rings. The van der Waals surface area contributed by atoms with Crippen LogP contribution in [0.5, 0.6) is 0 Å². The average Bonchev–Trinajstić information content (AvgIpc) is 2.94. The smallest absolute Gasteiger partial charge is 0.226 e. The quantitative estimate of drug-likeness (QED) is 0.903. The molecule has 2 heterocycles. The zero-order valence-electron chi connectivity index (χ0n) is 13.5. The van der Waals surface area contributed by atoms with Crippen LogP contribution in [0, 0.1) is 0 Å². The molecule has 2 amide bonds. The number of carbonyl (C=O) groups excluding carboxylic acids is 2. The van der Waals surface area contributed by atoms with Gasteiger partial charge in [-0.2, -0.15) is 0 Å². The van der Waals surface area contributed by atoms with Crippen LogP contribution in [0.4, 0.5) is 5.13 Å². The van der Waals surface area contributed by atoms with Crippen molar-refractivity contribution in [1.82, 2.24) is 15.1 Å². The number of anilines is 1. The third-order valence-electron chi connectivity index (χ3n) is 3.87. The molecule has 22 heavy (non-hydrogen) atoms. The molecule has 0 saturated carbocycles. The van der Waals surface area contributed by atoms with Gasteiger partial charge in [0, 0.05) is 31.3 Å². The summed E-state index contributed by atoms with van der Waals surface area (Å²) >= 11 is 1.38. The van der Waals surface area contributed by atoms with Crippen LogP contribution in [-0.2, 0) is 9.59 Å². The third kappa shape index (κ3) is 4.50. The first-order valence-corrected chi connectivity index (χ1v) is 8.71. The molecule has 7 heteroatoms. The predicted octanol–water partition coefficient (Wildman–Crippen LogP) is 2.78. The Balaban J connectivity index is 1.78. The van der Waals surface area contributed by atoms with Gasteiger partial charge in [0.1, 0.15) is 5.01 Å². The fraction of sp³-hybridized carbons (Fsp3) is 0.733. The second kappa shape index (κ2) is 7.67. The molecular weight excluding hydrogens is 300 g/mol. The van der Waals surface area contributed by atoms with Crippen molar-refractivity contribution in [1.29, 1.82) is 0 Å². The minimum Gasteiger partial charge on any atom is -0.340 e. The standard InChI is InChI=1S/C15H24N4O2S/c1-10(2)14-17-18-15(22-14)16-12(20)7-8-13(21)19-9-5-4-6-11(19)3/h10-11H,4-9H2,1-3H3,(H,16,18,20)/t11-/m0/s1. The highest BCUT2D eigenvalue weighted by Gasteiger charge is 2.23. The van der Waals surface area contributed by atoms with E-state index in [4.69, 9.17) is 0 Å². The first kappa shape index (κ1) is 16.9. The second-order valence-corrected chi connectivity index (χ2v) is 7.09. The van der Waals surface area contributed by atoms with E-state index in [0.29, 0.717) is 17.1 Å². The molecule has 1 atom stereocenters. The average molecular weight is 324 g/mol. The van der Waals surface area contributed by atoms with Gasteiger partial charge in [0.2, 0.25) is 16.9 Å². The van der Waals surface area contributed by atoms with E-state index in [1.54, 1.807) is 0 Å². The number of rotatable bonds is 5. The van der Waals surface area contributed by atoms with Crippen LogP contribution in [0.25, 0.3) is 0 Å². The molecule has 1 N–H and O–H groups in total. The summed E-state index contributed by atoms with van der Waals surface area (Å²) in [4.78, 5) is 26.0. The summed E-state index contributed by atoms with van der Waals surface area (Å²) < 4.78 is 0. The molecule has 1 saturated heterocycles. The molecule has 0 unspecified atom stereocenters. The molecule has 6 nitrogen and oxygen atoms in total. The van der Waals surface area contributed by atoms with Crippen molar-refractivity contribution in [2.45, 2.75) is 64.8 Å². The van der Waals surface area contributed by atoms with Crippen molar-refractivity contribution < 1.29 is 9.59 Å². The summed E-state index contributed by atoms with van der Waals surface area (Å²) in [6.45, 7) is 6.96. The maximum atomic E-state index is 12.2. The lowest BCUT2D eigenvalue weighted by Crippen LogP contribution is -2.42. The largest absolute Gasteiger partial charge is 0.340 e. The summed E-state index contributed by atoms with van der Waals surface area (Å²) in [6.07, 6.45) is 3.75. The topological polar surface area (TPSA) is 75.2 Å². The Bertz CT molecular complexity index is 529. The number of hydrogen-bond donors (Lipinski definition) is 1. The van der Waals surface area contributed by atoms with E-state index < -0.39 is 0 Å². The molecule has 1 aliphatic heterocycles. The predicted molar refractivity (Wildman–Crippen MR) is 86.9 cm³/mol. The number of hydrogen-bond acceptors (Lipinski definition) is 5. The minimum atomic E-state index is -0.176. The lowest BCUT2D eigenvalue weighted by atomic mass is 10.0. The molecule has 0 radical (unpaired) electrons. The summed E-state index contributed by atoms with van der Waals surface area (Å²) in [5.74, 6) is 0.192. The molecule has 0 aliphatic carbocycles. The first-order chi connectivity index (χ1) is 10.5. The number of amides is 2. The molecular formula is C15H24N4O2S. The maximum absolute atomic E-state index is 12.2. The Kier molecular flexibility index (Phi) is 5.88. The number of aromatic nitrogens is 2. The van der Waals surface area contributed by atoms with Crippen molar-refractivity contribution in [3.63, 3.8) is 0 Å². The van der Waals surface area contributed by atoms with Gasteiger partial charge in [-0.25, -0.2) is 0 Å². The van der Waals surface area contributed by atoms with Crippen LogP contribution < -0.4 is 5.32 Å². The van der Waals surface area contributed by atoms with Crippen molar-refractivity contribution in [3.8, 4) is 0 Å². The molecule has 0 aromatic carbocycles. The highest BCUT2D eigenvalue weighted by molar-refractivity contribution is 7.15. The molecule has 1 aromatic rings. The number of nitrogens with one attached hydrogen (secondary N) is 1. The van der Waals surface area contributed by atoms with Crippen molar-refractivity contribution in [3.05, 3.63) is 5.01 Å². The van der Waals surface area contributed by atoms with Crippen LogP contribution >= 0.6 is 11.3 Å². The van der Waals surface area contributed by atoms with Gasteiger partial charge in [0.05, 0.1) is 0 Å². The van der Waals surface area contributed by atoms with Crippen LogP contribution in [-0.4, -0.2) is 39.5 Å². The van der Waals surface area contributed by atoms with E-state index in [-0.39, 0.29) is 24.7 Å². The number of likely N-dealkylation sites (tertiary alicyclic amines) is 1. The lowest BCUT2D eigenvalue weighted by Gasteiger charge is -2.33. The Morgan fingerprint density at radius 1 is 1.32 bits per heavy atom. The summed E-state index contributed by atoms with van der Waals surface area (Å²) in [5.41, 5.74) is 0. The van der Waals surface area contributed by atoms with Crippen LogP contribution in [0.1, 0.15) is 63.8 Å². The number of piperidine rings is 1. The summed E-state index contributed by atoms with van der Waals surface area (Å²) in [6, 6.07) is 0.293. The van der Waals surface area contributed by atoms with Gasteiger partial charge < -0.3 is 10.2 Å². The van der Waals surface area contributed by atoms with Gasteiger partial charge >= 0.3 is 0 Å². The van der Waals surface area contributed by atoms with Crippen LogP contribution in [0.3, 0.4) is 0 Å². The van der Waals surface area contributed by atoms with E-state index in [0.717, 1.165) is 24.4 Å². The lowest BCUT2D eigenvalue weighted by molar-refractivity contribution is -0.135. The molecule has 122 valence electrons. The highest BCUT2D eigenvalue weighted by Crippen LogP contribution is 2.22. The second-order valence-electron chi connectivity index (χ2n) is 6.08. The van der Waals surface area contributed by atoms with Gasteiger partial charge in [0.25, 0.3) is 0 Å². The Morgan fingerprint density at radius 3 is 2.73 bits per heavy atom. The van der Waals surface area contributed by atoms with Gasteiger partial charge in [-0.15, -0.1) is 10.2 Å². The number of nitrogens with zero attached hydrogens (tertiary/aromatic N) is 3. The van der Waals surface area contributed by atoms with E-state index in [9.17, 15) is 9.59 Å². The normalized spacial score (nSPS) is 18.5. The van der Waals surface area contributed by atoms with E-state index in [2.05, 4.69) is 22.4 Å². The SMILES string of the molecule is CC(C)c1nnc(NC(=O)CCC(=O)N2CCCC[C@@H]2C)s1. The third-order valence-corrected chi connectivity index (χ3v) is 5.01. The van der Waals surface area contributed by atoms with E-state index in [1.807, 2.05) is 18.7 Å². The van der Waals surface area contributed by atoms with E-state index in [1.165, 1.54) is 17.8 Å². The fourth-order valence-corrected chi connectivity index (χ4v) is 3.29. The molecule has 1 fully saturated rings. The number of carbonyl (C=O) groups is 2. The van der Waals surface area contributed by atoms with E-state index >= 15 is 0 Å². The van der Waals surface area contributed by atoms with Gasteiger partial charge in [-0.3, -0.25) is 9.59 Å². The Labute approximate surface area is 135 Å². The minimum absolute atomic E-state index is 0.0717. The monoisotopic (exact) mass is 324 g/mol.